The van der Waals surface area contributed by atoms with Crippen LogP contribution in [0, 0.1) is 0 Å². The Balaban J connectivity index is 1.77. The fourth-order valence-electron chi connectivity index (χ4n) is 2.94. The van der Waals surface area contributed by atoms with Crippen molar-refractivity contribution in [1.82, 2.24) is 9.62 Å². The SMILES string of the molecule is NS(=O)(=O)c1ccc(S(=O)(=O)N2CCC3(CC2)NCCO3)cc1. The molecule has 128 valence electrons. The molecule has 3 rings (SSSR count). The standard InChI is InChI=1S/C13H19N3O5S2/c14-22(17,18)11-1-3-12(4-2-11)23(19,20)16-8-5-13(6-9-16)15-7-10-21-13/h1-4,15H,5-10H2,(H2,14,17,18). The highest BCUT2D eigenvalue weighted by Crippen LogP contribution is 2.29. The van der Waals surface area contributed by atoms with Gasteiger partial charge < -0.3 is 4.74 Å². The number of hydrogen-bond donors (Lipinski definition) is 2. The fourth-order valence-corrected chi connectivity index (χ4v) is 4.89. The number of benzene rings is 1. The van der Waals surface area contributed by atoms with Gasteiger partial charge in [-0.15, -0.1) is 0 Å². The van der Waals surface area contributed by atoms with Crippen LogP contribution in [0.4, 0.5) is 0 Å². The van der Waals surface area contributed by atoms with Gasteiger partial charge in [0.1, 0.15) is 5.72 Å². The van der Waals surface area contributed by atoms with Crippen molar-refractivity contribution in [3.8, 4) is 0 Å². The van der Waals surface area contributed by atoms with Crippen LogP contribution in [-0.2, 0) is 24.8 Å². The monoisotopic (exact) mass is 361 g/mol. The van der Waals surface area contributed by atoms with E-state index in [1.54, 1.807) is 0 Å². The van der Waals surface area contributed by atoms with E-state index in [9.17, 15) is 16.8 Å². The third-order valence-electron chi connectivity index (χ3n) is 4.25. The molecule has 1 spiro atoms. The topological polar surface area (TPSA) is 119 Å². The largest absolute Gasteiger partial charge is 0.359 e. The van der Waals surface area contributed by atoms with Crippen molar-refractivity contribution >= 4 is 20.0 Å². The first kappa shape index (κ1) is 16.8. The molecule has 0 unspecified atom stereocenters. The van der Waals surface area contributed by atoms with Crippen LogP contribution in [0.25, 0.3) is 0 Å². The molecule has 0 atom stereocenters. The molecule has 0 radical (unpaired) electrons. The number of nitrogens with two attached hydrogens (primary N) is 1. The Morgan fingerprint density at radius 3 is 2.09 bits per heavy atom. The summed E-state index contributed by atoms with van der Waals surface area (Å²) in [7, 11) is -7.49. The summed E-state index contributed by atoms with van der Waals surface area (Å²) in [6, 6.07) is 4.94. The second-order valence-corrected chi connectivity index (χ2v) is 9.19. The Hall–Kier alpha value is -1.04. The predicted octanol–water partition coefficient (Wildman–Crippen LogP) is -0.565. The number of rotatable bonds is 3. The number of ether oxygens (including phenoxy) is 1. The molecule has 2 aliphatic rings. The highest BCUT2D eigenvalue weighted by atomic mass is 32.2. The lowest BCUT2D eigenvalue weighted by Gasteiger charge is -2.37. The van der Waals surface area contributed by atoms with Crippen LogP contribution < -0.4 is 10.5 Å². The molecule has 8 nitrogen and oxygen atoms in total. The average molecular weight is 361 g/mol. The molecule has 2 saturated heterocycles. The smallest absolute Gasteiger partial charge is 0.243 e. The highest BCUT2D eigenvalue weighted by Gasteiger charge is 2.41. The molecule has 1 aromatic rings. The van der Waals surface area contributed by atoms with Crippen LogP contribution in [-0.4, -0.2) is 53.1 Å². The number of hydrogen-bond acceptors (Lipinski definition) is 6. The summed E-state index contributed by atoms with van der Waals surface area (Å²) in [4.78, 5) is -0.0567. The summed E-state index contributed by atoms with van der Waals surface area (Å²) in [5.74, 6) is 0. The number of piperidine rings is 1. The zero-order valence-electron chi connectivity index (χ0n) is 12.4. The third-order valence-corrected chi connectivity index (χ3v) is 7.09. The van der Waals surface area contributed by atoms with E-state index in [4.69, 9.17) is 9.88 Å². The van der Waals surface area contributed by atoms with Gasteiger partial charge >= 0.3 is 0 Å². The number of nitrogens with zero attached hydrogens (tertiary/aromatic N) is 1. The Kier molecular flexibility index (Phi) is 4.23. The maximum atomic E-state index is 12.6. The van der Waals surface area contributed by atoms with Gasteiger partial charge in [-0.3, -0.25) is 5.32 Å². The normalized spacial score (nSPS) is 22.5. The minimum absolute atomic E-state index is 0.0566. The van der Waals surface area contributed by atoms with E-state index >= 15 is 0 Å². The van der Waals surface area contributed by atoms with Crippen molar-refractivity contribution in [2.75, 3.05) is 26.2 Å². The molecule has 2 aliphatic heterocycles. The van der Waals surface area contributed by atoms with Gasteiger partial charge in [-0.25, -0.2) is 22.0 Å². The molecule has 2 fully saturated rings. The molecular formula is C13H19N3O5S2. The highest BCUT2D eigenvalue weighted by molar-refractivity contribution is 7.89. The summed E-state index contributed by atoms with van der Waals surface area (Å²) in [5.41, 5.74) is -0.399. The second kappa shape index (κ2) is 5.80. The molecule has 2 heterocycles. The van der Waals surface area contributed by atoms with E-state index in [1.165, 1.54) is 28.6 Å². The van der Waals surface area contributed by atoms with Crippen LogP contribution in [0.3, 0.4) is 0 Å². The van der Waals surface area contributed by atoms with Crippen LogP contribution in [0.2, 0.25) is 0 Å². The predicted molar refractivity (Wildman–Crippen MR) is 82.5 cm³/mol. The maximum Gasteiger partial charge on any atom is 0.243 e. The van der Waals surface area contributed by atoms with E-state index in [1.807, 2.05) is 0 Å². The molecule has 1 aromatic carbocycles. The van der Waals surface area contributed by atoms with Crippen molar-refractivity contribution < 1.29 is 21.6 Å². The Labute approximate surface area is 135 Å². The summed E-state index contributed by atoms with van der Waals surface area (Å²) in [5, 5.41) is 8.30. The lowest BCUT2D eigenvalue weighted by molar-refractivity contribution is -0.0445. The Morgan fingerprint density at radius 2 is 1.61 bits per heavy atom. The first-order valence-corrected chi connectivity index (χ1v) is 10.2. The summed E-state index contributed by atoms with van der Waals surface area (Å²) >= 11 is 0. The molecule has 0 aliphatic carbocycles. The summed E-state index contributed by atoms with van der Waals surface area (Å²) in [6.07, 6.45) is 1.17. The van der Waals surface area contributed by atoms with E-state index in [2.05, 4.69) is 5.32 Å². The second-order valence-electron chi connectivity index (χ2n) is 5.69. The van der Waals surface area contributed by atoms with Crippen LogP contribution >= 0.6 is 0 Å². The van der Waals surface area contributed by atoms with E-state index < -0.39 is 25.8 Å². The number of nitrogens with one attached hydrogen (secondary N) is 1. The molecule has 0 aromatic heterocycles. The van der Waals surface area contributed by atoms with Gasteiger partial charge in [-0.1, -0.05) is 0 Å². The van der Waals surface area contributed by atoms with E-state index in [-0.39, 0.29) is 9.79 Å². The van der Waals surface area contributed by atoms with Crippen molar-refractivity contribution in [2.24, 2.45) is 5.14 Å². The molecule has 10 heteroatoms. The summed E-state index contributed by atoms with van der Waals surface area (Å²) in [6.45, 7) is 2.13. The van der Waals surface area contributed by atoms with E-state index in [0.29, 0.717) is 32.5 Å². The van der Waals surface area contributed by atoms with Crippen molar-refractivity contribution in [1.29, 1.82) is 0 Å². The molecule has 23 heavy (non-hydrogen) atoms. The van der Waals surface area contributed by atoms with Gasteiger partial charge in [0.05, 0.1) is 16.4 Å². The van der Waals surface area contributed by atoms with Gasteiger partial charge in [-0.2, -0.15) is 4.31 Å². The molecule has 0 bridgehead atoms. The minimum atomic E-state index is -3.84. The average Bonchev–Trinajstić information content (AvgIpc) is 2.95. The van der Waals surface area contributed by atoms with E-state index in [0.717, 1.165) is 6.54 Å². The maximum absolute atomic E-state index is 12.6. The number of primary sulfonamides is 1. The van der Waals surface area contributed by atoms with Crippen LogP contribution in [0.1, 0.15) is 12.8 Å². The van der Waals surface area contributed by atoms with Gasteiger partial charge in [0.15, 0.2) is 0 Å². The lowest BCUT2D eigenvalue weighted by Crippen LogP contribution is -2.52. The first-order chi connectivity index (χ1) is 10.7. The molecule has 0 saturated carbocycles. The molecule has 3 N–H and O–H groups in total. The zero-order chi connectivity index (χ0) is 16.7. The first-order valence-electron chi connectivity index (χ1n) is 7.25. The number of sulfonamides is 2. The van der Waals surface area contributed by atoms with Crippen LogP contribution in [0.15, 0.2) is 34.1 Å². The third kappa shape index (κ3) is 3.28. The molecular weight excluding hydrogens is 342 g/mol. The van der Waals surface area contributed by atoms with Gasteiger partial charge in [0, 0.05) is 32.5 Å². The zero-order valence-corrected chi connectivity index (χ0v) is 14.1. The summed E-state index contributed by atoms with van der Waals surface area (Å²) < 4.78 is 54.8. The van der Waals surface area contributed by atoms with Gasteiger partial charge in [-0.05, 0) is 24.3 Å². The Bertz CT molecular complexity index is 773. The quantitative estimate of drug-likeness (QED) is 0.744. The van der Waals surface area contributed by atoms with Gasteiger partial charge in [0.2, 0.25) is 20.0 Å². The minimum Gasteiger partial charge on any atom is -0.359 e. The fraction of sp³-hybridized carbons (Fsp3) is 0.538. The van der Waals surface area contributed by atoms with Crippen molar-refractivity contribution in [2.45, 2.75) is 28.4 Å². The van der Waals surface area contributed by atoms with Crippen molar-refractivity contribution in [3.63, 3.8) is 0 Å². The molecule has 0 amide bonds. The van der Waals surface area contributed by atoms with Gasteiger partial charge in [0.25, 0.3) is 0 Å². The Morgan fingerprint density at radius 1 is 1.04 bits per heavy atom. The van der Waals surface area contributed by atoms with Crippen LogP contribution in [0.5, 0.6) is 0 Å². The lowest BCUT2D eigenvalue weighted by atomic mass is 10.0. The van der Waals surface area contributed by atoms with Crippen molar-refractivity contribution in [3.05, 3.63) is 24.3 Å².